The van der Waals surface area contributed by atoms with Crippen LogP contribution >= 0.6 is 11.8 Å². The highest BCUT2D eigenvalue weighted by atomic mass is 32.2. The van der Waals surface area contributed by atoms with E-state index in [1.165, 1.54) is 25.3 Å². The lowest BCUT2D eigenvalue weighted by Gasteiger charge is -2.15. The normalized spacial score (nSPS) is 18.2. The summed E-state index contributed by atoms with van der Waals surface area (Å²) >= 11 is 1.31. The molecule has 30 heavy (non-hydrogen) atoms. The molecule has 0 unspecified atom stereocenters. The van der Waals surface area contributed by atoms with Crippen LogP contribution in [0.3, 0.4) is 0 Å². The predicted octanol–water partition coefficient (Wildman–Crippen LogP) is 3.44. The van der Waals surface area contributed by atoms with E-state index in [-0.39, 0.29) is 13.0 Å². The SMILES string of the molecule is CCCCCCCCOC(=O)Nc1nc(=O)n([C@@H]2CS[C@H](CC(=O)OC)O2)cc1F. The number of nitrogens with zero attached hydrogens (tertiary/aromatic N) is 2. The zero-order chi connectivity index (χ0) is 21.9. The molecule has 2 atom stereocenters. The van der Waals surface area contributed by atoms with Crippen LogP contribution in [0.4, 0.5) is 15.0 Å². The molecule has 0 aliphatic carbocycles. The molecule has 168 valence electrons. The van der Waals surface area contributed by atoms with Gasteiger partial charge in [0.2, 0.25) is 0 Å². The van der Waals surface area contributed by atoms with E-state index >= 15 is 0 Å². The Balaban J connectivity index is 1.84. The zero-order valence-electron chi connectivity index (χ0n) is 17.2. The second-order valence-electron chi connectivity index (χ2n) is 6.79. The Kier molecular flexibility index (Phi) is 10.1. The molecular weight excluding hydrogens is 417 g/mol. The fourth-order valence-corrected chi connectivity index (χ4v) is 3.91. The van der Waals surface area contributed by atoms with Crippen molar-refractivity contribution in [1.82, 2.24) is 9.55 Å². The number of carbonyl (C=O) groups excluding carboxylic acids is 2. The first-order valence-electron chi connectivity index (χ1n) is 10.0. The van der Waals surface area contributed by atoms with E-state index in [1.807, 2.05) is 0 Å². The summed E-state index contributed by atoms with van der Waals surface area (Å²) in [5.41, 5.74) is -1.28. The first-order chi connectivity index (χ1) is 14.4. The zero-order valence-corrected chi connectivity index (χ0v) is 18.0. The molecule has 2 heterocycles. The number of aromatic nitrogens is 2. The standard InChI is InChI=1S/C19H28FN3O6S/c1-3-4-5-6-7-8-9-28-19(26)22-17-13(20)11-23(18(25)21-17)14-12-30-16(29-14)10-15(24)27-2/h11,14,16H,3-10,12H2,1-2H3,(H,21,22,25,26)/t14-,16+/m0/s1. The average Bonchev–Trinajstić information content (AvgIpc) is 3.17. The van der Waals surface area contributed by atoms with Gasteiger partial charge in [-0.2, -0.15) is 4.98 Å². The van der Waals surface area contributed by atoms with Crippen LogP contribution in [0.2, 0.25) is 0 Å². The van der Waals surface area contributed by atoms with Crippen LogP contribution in [0.25, 0.3) is 0 Å². The summed E-state index contributed by atoms with van der Waals surface area (Å²) in [6, 6.07) is 0. The van der Waals surface area contributed by atoms with E-state index in [2.05, 4.69) is 22.0 Å². The number of hydrogen-bond donors (Lipinski definition) is 1. The van der Waals surface area contributed by atoms with Gasteiger partial charge in [0.15, 0.2) is 11.6 Å². The Morgan fingerprint density at radius 2 is 2.07 bits per heavy atom. The number of unbranched alkanes of at least 4 members (excludes halogenated alkanes) is 5. The Morgan fingerprint density at radius 3 is 2.80 bits per heavy atom. The van der Waals surface area contributed by atoms with Gasteiger partial charge in [0.1, 0.15) is 11.7 Å². The fraction of sp³-hybridized carbons (Fsp3) is 0.684. The van der Waals surface area contributed by atoms with Crippen LogP contribution in [0, 0.1) is 5.82 Å². The molecular formula is C19H28FN3O6S. The number of rotatable bonds is 11. The van der Waals surface area contributed by atoms with Gasteiger partial charge in [-0.1, -0.05) is 39.0 Å². The molecule has 1 amide bonds. The molecule has 0 saturated carbocycles. The number of amides is 1. The molecule has 1 aromatic rings. The number of halogens is 1. The van der Waals surface area contributed by atoms with Crippen LogP contribution < -0.4 is 11.0 Å². The number of nitrogens with one attached hydrogen (secondary N) is 1. The van der Waals surface area contributed by atoms with E-state index in [1.54, 1.807) is 0 Å². The van der Waals surface area contributed by atoms with Crippen LogP contribution in [0.1, 0.15) is 58.1 Å². The highest BCUT2D eigenvalue weighted by Crippen LogP contribution is 2.33. The van der Waals surface area contributed by atoms with Gasteiger partial charge in [-0.25, -0.2) is 14.0 Å². The topological polar surface area (TPSA) is 109 Å². The lowest BCUT2D eigenvalue weighted by atomic mass is 10.1. The minimum absolute atomic E-state index is 0.0202. The van der Waals surface area contributed by atoms with Crippen molar-refractivity contribution in [3.63, 3.8) is 0 Å². The molecule has 0 aromatic carbocycles. The lowest BCUT2D eigenvalue weighted by molar-refractivity contribution is -0.143. The third-order valence-corrected chi connectivity index (χ3v) is 5.59. The van der Waals surface area contributed by atoms with Gasteiger partial charge in [-0.3, -0.25) is 14.7 Å². The molecule has 11 heteroatoms. The Labute approximate surface area is 178 Å². The summed E-state index contributed by atoms with van der Waals surface area (Å²) in [6.07, 6.45) is 5.56. The van der Waals surface area contributed by atoms with Gasteiger partial charge in [0.05, 0.1) is 26.3 Å². The van der Waals surface area contributed by atoms with Gasteiger partial charge in [0, 0.05) is 5.75 Å². The number of anilines is 1. The second-order valence-corrected chi connectivity index (χ2v) is 7.98. The summed E-state index contributed by atoms with van der Waals surface area (Å²) in [5.74, 6) is -1.49. The molecule has 1 N–H and O–H groups in total. The molecule has 0 radical (unpaired) electrons. The number of hydrogen-bond acceptors (Lipinski definition) is 8. The minimum Gasteiger partial charge on any atom is -0.469 e. The first kappa shape index (κ1) is 24.1. The highest BCUT2D eigenvalue weighted by Gasteiger charge is 2.30. The van der Waals surface area contributed by atoms with E-state index in [0.717, 1.165) is 42.9 Å². The maximum absolute atomic E-state index is 14.3. The largest absolute Gasteiger partial charge is 0.469 e. The van der Waals surface area contributed by atoms with Crippen molar-refractivity contribution in [3.05, 3.63) is 22.5 Å². The summed E-state index contributed by atoms with van der Waals surface area (Å²) in [4.78, 5) is 39.0. The van der Waals surface area contributed by atoms with Crippen molar-refractivity contribution in [2.45, 2.75) is 63.5 Å². The predicted molar refractivity (Wildman–Crippen MR) is 110 cm³/mol. The summed E-state index contributed by atoms with van der Waals surface area (Å²) < 4.78 is 30.5. The monoisotopic (exact) mass is 445 g/mol. The summed E-state index contributed by atoms with van der Waals surface area (Å²) in [6.45, 7) is 2.35. The second kappa shape index (κ2) is 12.5. The van der Waals surface area contributed by atoms with Crippen LogP contribution in [-0.4, -0.2) is 46.5 Å². The van der Waals surface area contributed by atoms with Crippen molar-refractivity contribution in [2.75, 3.05) is 24.8 Å². The molecule has 1 aromatic heterocycles. The van der Waals surface area contributed by atoms with Crippen molar-refractivity contribution < 1.29 is 28.2 Å². The minimum atomic E-state index is -0.892. The first-order valence-corrected chi connectivity index (χ1v) is 11.1. The lowest BCUT2D eigenvalue weighted by Crippen LogP contribution is -2.30. The number of esters is 1. The van der Waals surface area contributed by atoms with Crippen molar-refractivity contribution in [3.8, 4) is 0 Å². The van der Waals surface area contributed by atoms with Crippen LogP contribution in [0.5, 0.6) is 0 Å². The van der Waals surface area contributed by atoms with Gasteiger partial charge in [-0.15, -0.1) is 11.8 Å². The molecule has 1 fully saturated rings. The Hall–Kier alpha value is -2.14. The molecule has 1 saturated heterocycles. The highest BCUT2D eigenvalue weighted by molar-refractivity contribution is 8.00. The maximum Gasteiger partial charge on any atom is 0.412 e. The van der Waals surface area contributed by atoms with E-state index in [0.29, 0.717) is 5.75 Å². The third kappa shape index (κ3) is 7.60. The fourth-order valence-electron chi connectivity index (χ4n) is 2.83. The van der Waals surface area contributed by atoms with Gasteiger partial charge < -0.3 is 14.2 Å². The van der Waals surface area contributed by atoms with E-state index in [9.17, 15) is 18.8 Å². The number of methoxy groups -OCH3 is 1. The third-order valence-electron chi connectivity index (χ3n) is 4.46. The molecule has 0 spiro atoms. The molecule has 0 bridgehead atoms. The van der Waals surface area contributed by atoms with Crippen LogP contribution in [-0.2, 0) is 19.0 Å². The molecule has 1 aliphatic heterocycles. The van der Waals surface area contributed by atoms with Gasteiger partial charge >= 0.3 is 17.8 Å². The van der Waals surface area contributed by atoms with E-state index in [4.69, 9.17) is 9.47 Å². The molecule has 9 nitrogen and oxygen atoms in total. The number of thioether (sulfide) groups is 1. The Bertz CT molecular complexity index is 775. The van der Waals surface area contributed by atoms with Crippen molar-refractivity contribution >= 4 is 29.6 Å². The average molecular weight is 446 g/mol. The number of ether oxygens (including phenoxy) is 3. The van der Waals surface area contributed by atoms with Crippen molar-refractivity contribution in [2.24, 2.45) is 0 Å². The van der Waals surface area contributed by atoms with Crippen molar-refractivity contribution in [1.29, 1.82) is 0 Å². The maximum atomic E-state index is 14.3. The van der Waals surface area contributed by atoms with E-state index < -0.39 is 41.1 Å². The van der Waals surface area contributed by atoms with Crippen LogP contribution in [0.15, 0.2) is 11.0 Å². The van der Waals surface area contributed by atoms with Gasteiger partial charge in [-0.05, 0) is 6.42 Å². The summed E-state index contributed by atoms with van der Waals surface area (Å²) in [7, 11) is 1.27. The smallest absolute Gasteiger partial charge is 0.412 e. The molecule has 1 aliphatic rings. The van der Waals surface area contributed by atoms with Gasteiger partial charge in [0.25, 0.3) is 0 Å². The number of carbonyl (C=O) groups is 2. The molecule has 2 rings (SSSR count). The Morgan fingerprint density at radius 1 is 1.33 bits per heavy atom. The quantitative estimate of drug-likeness (QED) is 0.408. The summed E-state index contributed by atoms with van der Waals surface area (Å²) in [5, 5.41) is 2.15.